The van der Waals surface area contributed by atoms with Gasteiger partial charge in [-0.25, -0.2) is 0 Å². The maximum Gasteiger partial charge on any atom is 0.173 e. The molecule has 1 aromatic heterocycles. The number of hydrogen-bond acceptors (Lipinski definition) is 2. The Hall–Kier alpha value is -1.25. The molecule has 3 heteroatoms. The van der Waals surface area contributed by atoms with Crippen LogP contribution in [-0.2, 0) is 0 Å². The van der Waals surface area contributed by atoms with Crippen LogP contribution < -0.4 is 4.74 Å². The van der Waals surface area contributed by atoms with E-state index in [0.29, 0.717) is 5.02 Å². The monoisotopic (exact) mass is 249 g/mol. The summed E-state index contributed by atoms with van der Waals surface area (Å²) in [6.07, 6.45) is 4.01. The van der Waals surface area contributed by atoms with Gasteiger partial charge >= 0.3 is 0 Å². The molecular weight excluding hydrogens is 240 g/mol. The van der Waals surface area contributed by atoms with Crippen LogP contribution in [0.3, 0.4) is 0 Å². The van der Waals surface area contributed by atoms with Gasteiger partial charge in [-0.15, -0.1) is 0 Å². The van der Waals surface area contributed by atoms with E-state index in [-0.39, 0.29) is 0 Å². The third kappa shape index (κ3) is 2.65. The Kier molecular flexibility index (Phi) is 3.65. The van der Waals surface area contributed by atoms with Crippen molar-refractivity contribution in [1.29, 1.82) is 0 Å². The highest BCUT2D eigenvalue weighted by molar-refractivity contribution is 7.14. The van der Waals surface area contributed by atoms with Crippen LogP contribution >= 0.6 is 22.9 Å². The van der Waals surface area contributed by atoms with Crippen molar-refractivity contribution in [3.63, 3.8) is 0 Å². The van der Waals surface area contributed by atoms with E-state index in [9.17, 15) is 0 Å². The van der Waals surface area contributed by atoms with E-state index in [1.165, 1.54) is 0 Å². The van der Waals surface area contributed by atoms with Gasteiger partial charge in [0.15, 0.2) is 5.06 Å². The Labute approximate surface area is 104 Å². The number of ether oxygens (including phenoxy) is 1. The number of methoxy groups -OCH3 is 1. The van der Waals surface area contributed by atoms with Crippen LogP contribution in [0.4, 0.5) is 0 Å². The maximum atomic E-state index is 6.02. The normalized spacial score (nSPS) is 10.9. The summed E-state index contributed by atoms with van der Waals surface area (Å²) in [6, 6.07) is 12.4. The van der Waals surface area contributed by atoms with Gasteiger partial charge < -0.3 is 4.74 Å². The van der Waals surface area contributed by atoms with Crippen molar-refractivity contribution in [2.45, 2.75) is 0 Å². The van der Waals surface area contributed by atoms with Gasteiger partial charge in [-0.1, -0.05) is 41.1 Å². The van der Waals surface area contributed by atoms with Gasteiger partial charge in [-0.2, -0.15) is 0 Å². The lowest BCUT2D eigenvalue weighted by Crippen LogP contribution is -1.73. The lowest BCUT2D eigenvalue weighted by atomic mass is 10.2. The lowest BCUT2D eigenvalue weighted by Gasteiger charge is -1.95. The first kappa shape index (κ1) is 11.2. The summed E-state index contributed by atoms with van der Waals surface area (Å²) < 4.78 is 5.12. The molecule has 16 heavy (non-hydrogen) atoms. The fourth-order valence-corrected chi connectivity index (χ4v) is 2.18. The smallest absolute Gasteiger partial charge is 0.173 e. The quantitative estimate of drug-likeness (QED) is 0.784. The number of thiophene rings is 1. The summed E-state index contributed by atoms with van der Waals surface area (Å²) in [5.41, 5.74) is 0.993. The molecule has 0 saturated carbocycles. The first-order valence-electron chi connectivity index (χ1n) is 4.77. The van der Waals surface area contributed by atoms with Crippen molar-refractivity contribution >= 4 is 35.1 Å². The van der Waals surface area contributed by atoms with E-state index in [0.717, 1.165) is 15.5 Å². The Morgan fingerprint density at radius 3 is 2.88 bits per heavy atom. The van der Waals surface area contributed by atoms with Gasteiger partial charge in [-0.05, 0) is 35.9 Å². The van der Waals surface area contributed by atoms with E-state index >= 15 is 0 Å². The number of hydrogen-bond donors (Lipinski definition) is 0. The molecule has 0 unspecified atom stereocenters. The van der Waals surface area contributed by atoms with Gasteiger partial charge in [0.25, 0.3) is 0 Å². The molecule has 2 aromatic rings. The molecule has 0 fully saturated rings. The first-order valence-corrected chi connectivity index (χ1v) is 5.96. The van der Waals surface area contributed by atoms with E-state index < -0.39 is 0 Å². The van der Waals surface area contributed by atoms with Crippen molar-refractivity contribution in [2.75, 3.05) is 7.11 Å². The predicted molar refractivity (Wildman–Crippen MR) is 70.1 cm³/mol. The molecule has 1 aromatic carbocycles. The highest BCUT2D eigenvalue weighted by atomic mass is 35.5. The minimum Gasteiger partial charge on any atom is -0.487 e. The molecule has 0 aliphatic carbocycles. The second kappa shape index (κ2) is 5.19. The van der Waals surface area contributed by atoms with Gasteiger partial charge in [0.2, 0.25) is 0 Å². The Morgan fingerprint density at radius 1 is 1.31 bits per heavy atom. The zero-order valence-electron chi connectivity index (χ0n) is 8.74. The van der Waals surface area contributed by atoms with Crippen LogP contribution in [0.15, 0.2) is 30.3 Å². The summed E-state index contributed by atoms with van der Waals surface area (Å²) in [5.74, 6) is 0. The first-order chi connectivity index (χ1) is 7.79. The zero-order chi connectivity index (χ0) is 11.4. The van der Waals surface area contributed by atoms with Crippen molar-refractivity contribution < 1.29 is 4.74 Å². The second-order valence-corrected chi connectivity index (χ2v) is 4.63. The SMILES string of the molecule is COc1ccc(C=Cc2cc[c]cc2Cl)s1. The van der Waals surface area contributed by atoms with E-state index in [1.54, 1.807) is 24.5 Å². The molecule has 0 aliphatic rings. The van der Waals surface area contributed by atoms with Gasteiger partial charge in [0, 0.05) is 9.90 Å². The molecule has 1 nitrogen and oxygen atoms in total. The number of benzene rings is 1. The molecular formula is C13H10ClOS. The van der Waals surface area contributed by atoms with Crippen LogP contribution in [0.1, 0.15) is 10.4 Å². The molecule has 0 saturated heterocycles. The molecule has 0 N–H and O–H groups in total. The Morgan fingerprint density at radius 2 is 2.19 bits per heavy atom. The van der Waals surface area contributed by atoms with Crippen molar-refractivity contribution in [3.05, 3.63) is 51.9 Å². The summed E-state index contributed by atoms with van der Waals surface area (Å²) in [6.45, 7) is 0. The van der Waals surface area contributed by atoms with Crippen molar-refractivity contribution in [2.24, 2.45) is 0 Å². The van der Waals surface area contributed by atoms with Gasteiger partial charge in [-0.3, -0.25) is 0 Å². The third-order valence-corrected chi connectivity index (χ3v) is 3.41. The molecule has 1 heterocycles. The van der Waals surface area contributed by atoms with E-state index in [2.05, 4.69) is 6.07 Å². The fraction of sp³-hybridized carbons (Fsp3) is 0.0769. The van der Waals surface area contributed by atoms with Crippen molar-refractivity contribution in [3.8, 4) is 5.06 Å². The topological polar surface area (TPSA) is 9.23 Å². The molecule has 0 amide bonds. The number of halogens is 1. The van der Waals surface area contributed by atoms with Crippen molar-refractivity contribution in [1.82, 2.24) is 0 Å². The highest BCUT2D eigenvalue weighted by Gasteiger charge is 1.97. The maximum absolute atomic E-state index is 6.02. The number of rotatable bonds is 3. The van der Waals surface area contributed by atoms with Crippen LogP contribution in [0.2, 0.25) is 5.02 Å². The molecule has 1 radical (unpaired) electrons. The molecule has 0 atom stereocenters. The summed E-state index contributed by atoms with van der Waals surface area (Å²) in [4.78, 5) is 1.14. The van der Waals surface area contributed by atoms with E-state index in [4.69, 9.17) is 16.3 Å². The van der Waals surface area contributed by atoms with Crippen LogP contribution in [0.5, 0.6) is 5.06 Å². The standard InChI is InChI=1S/C13H10ClOS/c1-15-13-9-8-11(16-13)7-6-10-4-2-3-5-12(10)14/h2,4-9H,1H3. The largest absolute Gasteiger partial charge is 0.487 e. The molecule has 0 aliphatic heterocycles. The Bertz CT molecular complexity index is 502. The summed E-state index contributed by atoms with van der Waals surface area (Å²) >= 11 is 7.62. The summed E-state index contributed by atoms with van der Waals surface area (Å²) in [7, 11) is 1.67. The average Bonchev–Trinajstić information content (AvgIpc) is 2.76. The predicted octanol–water partition coefficient (Wildman–Crippen LogP) is 4.38. The molecule has 0 bridgehead atoms. The zero-order valence-corrected chi connectivity index (χ0v) is 10.3. The van der Waals surface area contributed by atoms with Gasteiger partial charge in [0.1, 0.15) is 0 Å². The van der Waals surface area contributed by atoms with Crippen LogP contribution in [-0.4, -0.2) is 7.11 Å². The minimum absolute atomic E-state index is 0.710. The molecule has 0 spiro atoms. The molecule has 81 valence electrons. The molecule has 2 rings (SSSR count). The Balaban J connectivity index is 2.18. The highest BCUT2D eigenvalue weighted by Crippen LogP contribution is 2.26. The van der Waals surface area contributed by atoms with E-state index in [1.807, 2.05) is 36.4 Å². The minimum atomic E-state index is 0.710. The average molecular weight is 250 g/mol. The third-order valence-electron chi connectivity index (χ3n) is 2.08. The van der Waals surface area contributed by atoms with Crippen LogP contribution in [0.25, 0.3) is 12.2 Å². The lowest BCUT2D eigenvalue weighted by molar-refractivity contribution is 0.427. The van der Waals surface area contributed by atoms with Crippen LogP contribution in [0, 0.1) is 6.07 Å². The second-order valence-electron chi connectivity index (χ2n) is 3.14. The fourth-order valence-electron chi connectivity index (χ4n) is 1.26. The van der Waals surface area contributed by atoms with Gasteiger partial charge in [0.05, 0.1) is 7.11 Å². The summed E-state index contributed by atoms with van der Waals surface area (Å²) in [5, 5.41) is 1.62.